The lowest BCUT2D eigenvalue weighted by molar-refractivity contribution is -0.113. The van der Waals surface area contributed by atoms with Gasteiger partial charge in [0.2, 0.25) is 15.9 Å². The minimum absolute atomic E-state index is 0.0234. The van der Waals surface area contributed by atoms with E-state index in [2.05, 4.69) is 20.8 Å². The number of nitrogens with zero attached hydrogens (tertiary/aromatic N) is 4. The molecule has 0 bridgehead atoms. The molecule has 0 saturated carbocycles. The number of carbonyl (C=O) groups is 2. The molecule has 0 radical (unpaired) electrons. The molecule has 3 aromatic carbocycles. The van der Waals surface area contributed by atoms with Gasteiger partial charge in [-0.1, -0.05) is 36.0 Å². The Morgan fingerprint density at radius 3 is 2.43 bits per heavy atom. The van der Waals surface area contributed by atoms with E-state index >= 15 is 0 Å². The van der Waals surface area contributed by atoms with E-state index in [1.54, 1.807) is 16.7 Å². The third kappa shape index (κ3) is 6.69. The van der Waals surface area contributed by atoms with Crippen molar-refractivity contribution in [3.63, 3.8) is 0 Å². The van der Waals surface area contributed by atoms with E-state index < -0.39 is 27.7 Å². The average Bonchev–Trinajstić information content (AvgIpc) is 3.67. The summed E-state index contributed by atoms with van der Waals surface area (Å²) < 4.78 is 42.7. The molecule has 218 valence electrons. The zero-order valence-electron chi connectivity index (χ0n) is 22.8. The van der Waals surface area contributed by atoms with Gasteiger partial charge in [0, 0.05) is 24.3 Å². The van der Waals surface area contributed by atoms with E-state index in [0.717, 1.165) is 35.9 Å². The minimum atomic E-state index is -3.57. The Kier molecular flexibility index (Phi) is 9.00. The highest BCUT2D eigenvalue weighted by atomic mass is 32.2. The highest BCUT2D eigenvalue weighted by Gasteiger charge is 2.27. The quantitative estimate of drug-likeness (QED) is 0.259. The number of hydrogen-bond donors (Lipinski definition) is 2. The molecule has 2 amide bonds. The number of carbonyl (C=O) groups excluding carboxylic acids is 2. The van der Waals surface area contributed by atoms with Crippen molar-refractivity contribution in [2.75, 3.05) is 24.2 Å². The van der Waals surface area contributed by atoms with Crippen LogP contribution in [0.3, 0.4) is 0 Å². The van der Waals surface area contributed by atoms with Gasteiger partial charge in [-0.15, -0.1) is 10.2 Å². The summed E-state index contributed by atoms with van der Waals surface area (Å²) in [6.07, 6.45) is 1.68. The number of para-hydroxylation sites is 1. The van der Waals surface area contributed by atoms with Gasteiger partial charge in [-0.25, -0.2) is 12.8 Å². The highest BCUT2D eigenvalue weighted by molar-refractivity contribution is 7.99. The Labute approximate surface area is 247 Å². The number of nitrogens with one attached hydrogen (secondary N) is 2. The highest BCUT2D eigenvalue weighted by Crippen LogP contribution is 2.24. The number of amides is 2. The average molecular weight is 609 g/mol. The zero-order valence-corrected chi connectivity index (χ0v) is 24.4. The van der Waals surface area contributed by atoms with Gasteiger partial charge in [0.15, 0.2) is 11.0 Å². The van der Waals surface area contributed by atoms with Gasteiger partial charge in [-0.2, -0.15) is 4.31 Å². The molecule has 2 heterocycles. The number of rotatable bonds is 10. The van der Waals surface area contributed by atoms with Crippen LogP contribution in [0, 0.1) is 12.7 Å². The molecule has 1 fully saturated rings. The first-order valence-corrected chi connectivity index (χ1v) is 15.7. The standard InChI is InChI=1S/C29H29FN6O4S2/c1-20-7-6-8-22(17-20)36-26(33-34-29(36)41-19-27(37)32-25-10-3-2-9-24(25)30)18-31-28(38)21-11-13-23(14-12-21)42(39,40)35-15-4-5-16-35/h2-3,6-14,17H,4-5,15-16,18-19H2,1H3,(H,31,38)(H,32,37). The van der Waals surface area contributed by atoms with Crippen molar-refractivity contribution in [1.29, 1.82) is 0 Å². The number of benzene rings is 3. The van der Waals surface area contributed by atoms with E-state index in [0.29, 0.717) is 29.6 Å². The molecule has 0 spiro atoms. The summed E-state index contributed by atoms with van der Waals surface area (Å²) in [5.74, 6) is -0.956. The largest absolute Gasteiger partial charge is 0.345 e. The summed E-state index contributed by atoms with van der Waals surface area (Å²) in [6.45, 7) is 2.97. The maximum atomic E-state index is 13.9. The van der Waals surface area contributed by atoms with E-state index in [-0.39, 0.29) is 22.9 Å². The van der Waals surface area contributed by atoms with Crippen molar-refractivity contribution in [2.45, 2.75) is 36.4 Å². The molecule has 13 heteroatoms. The Hall–Kier alpha value is -4.07. The van der Waals surface area contributed by atoms with Crippen molar-refractivity contribution in [1.82, 2.24) is 24.4 Å². The Morgan fingerprint density at radius 2 is 1.71 bits per heavy atom. The van der Waals surface area contributed by atoms with Crippen molar-refractivity contribution < 1.29 is 22.4 Å². The normalized spacial score (nSPS) is 13.7. The smallest absolute Gasteiger partial charge is 0.251 e. The van der Waals surface area contributed by atoms with Crippen molar-refractivity contribution >= 4 is 39.3 Å². The fourth-order valence-corrected chi connectivity index (χ4v) is 6.82. The van der Waals surface area contributed by atoms with E-state index in [1.165, 1.54) is 40.7 Å². The first-order valence-electron chi connectivity index (χ1n) is 13.3. The molecule has 0 atom stereocenters. The number of sulfonamides is 1. The van der Waals surface area contributed by atoms with Gasteiger partial charge in [0.25, 0.3) is 5.91 Å². The summed E-state index contributed by atoms with van der Waals surface area (Å²) in [5, 5.41) is 14.3. The predicted molar refractivity (Wildman–Crippen MR) is 157 cm³/mol. The molecule has 42 heavy (non-hydrogen) atoms. The second-order valence-corrected chi connectivity index (χ2v) is 12.6. The van der Waals surface area contributed by atoms with Crippen LogP contribution >= 0.6 is 11.8 Å². The lowest BCUT2D eigenvalue weighted by Crippen LogP contribution is -2.28. The van der Waals surface area contributed by atoms with E-state index in [9.17, 15) is 22.4 Å². The van der Waals surface area contributed by atoms with Gasteiger partial charge in [-0.3, -0.25) is 14.2 Å². The molecule has 0 aliphatic carbocycles. The fraction of sp³-hybridized carbons (Fsp3) is 0.241. The van der Waals surface area contributed by atoms with E-state index in [1.807, 2.05) is 31.2 Å². The van der Waals surface area contributed by atoms with Gasteiger partial charge >= 0.3 is 0 Å². The molecule has 4 aromatic rings. The second kappa shape index (κ2) is 12.8. The topological polar surface area (TPSA) is 126 Å². The molecule has 1 aliphatic rings. The van der Waals surface area contributed by atoms with Gasteiger partial charge in [0.1, 0.15) is 5.82 Å². The van der Waals surface area contributed by atoms with Crippen LogP contribution in [0.1, 0.15) is 34.6 Å². The summed E-state index contributed by atoms with van der Waals surface area (Å²) >= 11 is 1.13. The lowest BCUT2D eigenvalue weighted by atomic mass is 10.2. The van der Waals surface area contributed by atoms with Crippen LogP contribution < -0.4 is 10.6 Å². The molecular weight excluding hydrogens is 579 g/mol. The maximum absolute atomic E-state index is 13.9. The molecule has 1 aliphatic heterocycles. The van der Waals surface area contributed by atoms with Crippen molar-refractivity contribution in [3.05, 3.63) is 95.6 Å². The summed E-state index contributed by atoms with van der Waals surface area (Å²) in [5.41, 5.74) is 2.14. The summed E-state index contributed by atoms with van der Waals surface area (Å²) in [6, 6.07) is 19.4. The Morgan fingerprint density at radius 1 is 0.976 bits per heavy atom. The number of halogens is 1. The SMILES string of the molecule is Cc1cccc(-n2c(CNC(=O)c3ccc(S(=O)(=O)N4CCCC4)cc3)nnc2SCC(=O)Nc2ccccc2F)c1. The van der Waals surface area contributed by atoms with Gasteiger partial charge in [-0.05, 0) is 73.9 Å². The van der Waals surface area contributed by atoms with Gasteiger partial charge in [0.05, 0.1) is 22.9 Å². The number of aryl methyl sites for hydroxylation is 1. The third-order valence-corrected chi connectivity index (χ3v) is 9.51. The van der Waals surface area contributed by atoms with Crippen LogP contribution in [0.5, 0.6) is 0 Å². The molecular formula is C29H29FN6O4S2. The first kappa shape index (κ1) is 29.4. The third-order valence-electron chi connectivity index (χ3n) is 6.67. The molecule has 5 rings (SSSR count). The number of aromatic nitrogens is 3. The van der Waals surface area contributed by atoms with Crippen LogP contribution in [0.4, 0.5) is 10.1 Å². The molecule has 1 aromatic heterocycles. The second-order valence-electron chi connectivity index (χ2n) is 9.71. The molecule has 1 saturated heterocycles. The van der Waals surface area contributed by atoms with Crippen LogP contribution in [-0.2, 0) is 21.4 Å². The summed E-state index contributed by atoms with van der Waals surface area (Å²) in [7, 11) is -3.57. The molecule has 2 N–H and O–H groups in total. The lowest BCUT2D eigenvalue weighted by Gasteiger charge is -2.15. The van der Waals surface area contributed by atoms with Crippen molar-refractivity contribution in [2.24, 2.45) is 0 Å². The fourth-order valence-electron chi connectivity index (χ4n) is 4.53. The van der Waals surface area contributed by atoms with Crippen LogP contribution in [-0.4, -0.2) is 58.1 Å². The van der Waals surface area contributed by atoms with Crippen molar-refractivity contribution in [3.8, 4) is 5.69 Å². The molecule has 10 nitrogen and oxygen atoms in total. The van der Waals surface area contributed by atoms with Crippen LogP contribution in [0.25, 0.3) is 5.69 Å². The van der Waals surface area contributed by atoms with Crippen LogP contribution in [0.15, 0.2) is 82.8 Å². The maximum Gasteiger partial charge on any atom is 0.251 e. The van der Waals surface area contributed by atoms with E-state index in [4.69, 9.17) is 0 Å². The first-order chi connectivity index (χ1) is 20.2. The number of thioether (sulfide) groups is 1. The predicted octanol–water partition coefficient (Wildman–Crippen LogP) is 4.16. The Balaban J connectivity index is 1.29. The molecule has 0 unspecified atom stereocenters. The number of anilines is 1. The minimum Gasteiger partial charge on any atom is -0.345 e. The van der Waals surface area contributed by atoms with Crippen LogP contribution in [0.2, 0.25) is 0 Å². The number of hydrogen-bond acceptors (Lipinski definition) is 7. The summed E-state index contributed by atoms with van der Waals surface area (Å²) in [4.78, 5) is 25.6. The monoisotopic (exact) mass is 608 g/mol. The van der Waals surface area contributed by atoms with Gasteiger partial charge < -0.3 is 10.6 Å². The zero-order chi connectivity index (χ0) is 29.7. The Bertz CT molecular complexity index is 1700.